The minimum Gasteiger partial charge on any atom is -0.496 e. The molecule has 1 rings (SSSR count). The lowest BCUT2D eigenvalue weighted by Gasteiger charge is -2.31. The Morgan fingerprint density at radius 3 is 1.88 bits per heavy atom. The topological polar surface area (TPSA) is 21.3 Å². The maximum atomic E-state index is 5.41. The Kier molecular flexibility index (Phi) is 4.21. The van der Waals surface area contributed by atoms with E-state index >= 15 is 0 Å². The summed E-state index contributed by atoms with van der Waals surface area (Å²) in [7, 11) is 3.75. The van der Waals surface area contributed by atoms with Crippen molar-refractivity contribution in [3.05, 3.63) is 28.8 Å². The Morgan fingerprint density at radius 2 is 1.59 bits per heavy atom. The molecule has 1 aromatic carbocycles. The maximum Gasteiger partial charge on any atom is 0.124 e. The fraction of sp³-hybridized carbons (Fsp3) is 0.600. The number of methoxy groups -OCH3 is 1. The van der Waals surface area contributed by atoms with Gasteiger partial charge in [0.1, 0.15) is 5.75 Å². The van der Waals surface area contributed by atoms with E-state index in [-0.39, 0.29) is 5.41 Å². The van der Waals surface area contributed by atoms with Gasteiger partial charge in [0.05, 0.1) is 7.11 Å². The fourth-order valence-corrected chi connectivity index (χ4v) is 2.57. The van der Waals surface area contributed by atoms with Gasteiger partial charge >= 0.3 is 0 Å². The summed E-state index contributed by atoms with van der Waals surface area (Å²) in [6.45, 7) is 11.0. The summed E-state index contributed by atoms with van der Waals surface area (Å²) in [5, 5.41) is 3.41. The third kappa shape index (κ3) is 3.01. The zero-order valence-corrected chi connectivity index (χ0v) is 12.1. The van der Waals surface area contributed by atoms with Crippen molar-refractivity contribution in [1.29, 1.82) is 0 Å². The van der Waals surface area contributed by atoms with Gasteiger partial charge < -0.3 is 10.1 Å². The molecule has 0 aromatic heterocycles. The van der Waals surface area contributed by atoms with Crippen molar-refractivity contribution in [3.8, 4) is 5.75 Å². The Hall–Kier alpha value is -1.02. The highest BCUT2D eigenvalue weighted by Gasteiger charge is 2.25. The Morgan fingerprint density at radius 1 is 1.12 bits per heavy atom. The van der Waals surface area contributed by atoms with E-state index in [9.17, 15) is 0 Å². The van der Waals surface area contributed by atoms with Crippen LogP contribution in [-0.4, -0.2) is 14.2 Å². The zero-order chi connectivity index (χ0) is 13.2. The van der Waals surface area contributed by atoms with Crippen LogP contribution < -0.4 is 10.1 Å². The number of aryl methyl sites for hydroxylation is 2. The number of rotatable bonds is 3. The Balaban J connectivity index is 3.24. The molecule has 0 spiro atoms. The van der Waals surface area contributed by atoms with Crippen LogP contribution in [0.25, 0.3) is 0 Å². The van der Waals surface area contributed by atoms with Gasteiger partial charge in [0.15, 0.2) is 0 Å². The molecule has 1 unspecified atom stereocenters. The molecule has 0 aliphatic rings. The standard InChI is InChI=1S/C15H25NO/c1-10-8-12(9-11(2)13(10)17-7)14(16-6)15(3,4)5/h8-9,14,16H,1-7H3. The average molecular weight is 235 g/mol. The maximum absolute atomic E-state index is 5.41. The lowest BCUT2D eigenvalue weighted by Crippen LogP contribution is -2.29. The van der Waals surface area contributed by atoms with Crippen LogP contribution in [0.2, 0.25) is 0 Å². The first kappa shape index (κ1) is 14.0. The molecule has 0 amide bonds. The molecule has 1 N–H and O–H groups in total. The summed E-state index contributed by atoms with van der Waals surface area (Å²) in [5.41, 5.74) is 3.93. The molecule has 2 heteroatoms. The van der Waals surface area contributed by atoms with E-state index in [0.29, 0.717) is 6.04 Å². The quantitative estimate of drug-likeness (QED) is 0.864. The normalized spacial score (nSPS) is 13.6. The highest BCUT2D eigenvalue weighted by molar-refractivity contribution is 5.44. The molecule has 1 atom stereocenters. The lowest BCUT2D eigenvalue weighted by molar-refractivity contribution is 0.286. The zero-order valence-electron chi connectivity index (χ0n) is 12.1. The van der Waals surface area contributed by atoms with Crippen molar-refractivity contribution in [2.75, 3.05) is 14.2 Å². The van der Waals surface area contributed by atoms with Gasteiger partial charge in [-0.05, 0) is 43.0 Å². The molecule has 0 saturated heterocycles. The van der Waals surface area contributed by atoms with E-state index in [2.05, 4.69) is 52.1 Å². The first-order valence-corrected chi connectivity index (χ1v) is 6.13. The highest BCUT2D eigenvalue weighted by Crippen LogP contribution is 2.35. The van der Waals surface area contributed by atoms with Gasteiger partial charge in [-0.25, -0.2) is 0 Å². The van der Waals surface area contributed by atoms with E-state index in [4.69, 9.17) is 4.74 Å². The van der Waals surface area contributed by atoms with E-state index in [1.165, 1.54) is 16.7 Å². The number of hydrogen-bond donors (Lipinski definition) is 1. The minimum atomic E-state index is 0.197. The molecular weight excluding hydrogens is 210 g/mol. The Labute approximate surface area is 105 Å². The average Bonchev–Trinajstić information content (AvgIpc) is 2.15. The van der Waals surface area contributed by atoms with Gasteiger partial charge in [-0.2, -0.15) is 0 Å². The van der Waals surface area contributed by atoms with Crippen LogP contribution in [0.15, 0.2) is 12.1 Å². The molecule has 0 fully saturated rings. The van der Waals surface area contributed by atoms with E-state index in [1.54, 1.807) is 7.11 Å². The highest BCUT2D eigenvalue weighted by atomic mass is 16.5. The van der Waals surface area contributed by atoms with E-state index in [0.717, 1.165) is 5.75 Å². The van der Waals surface area contributed by atoms with Gasteiger partial charge in [-0.1, -0.05) is 32.9 Å². The van der Waals surface area contributed by atoms with Crippen LogP contribution in [0.4, 0.5) is 0 Å². The van der Waals surface area contributed by atoms with E-state index < -0.39 is 0 Å². The van der Waals surface area contributed by atoms with Crippen LogP contribution in [0, 0.1) is 19.3 Å². The summed E-state index contributed by atoms with van der Waals surface area (Å²) in [6.07, 6.45) is 0. The van der Waals surface area contributed by atoms with E-state index in [1.807, 2.05) is 7.05 Å². The monoisotopic (exact) mass is 235 g/mol. The van der Waals surface area contributed by atoms with Gasteiger partial charge in [-0.3, -0.25) is 0 Å². The van der Waals surface area contributed by atoms with Crippen molar-refractivity contribution in [1.82, 2.24) is 5.32 Å². The Bertz CT molecular complexity index is 367. The van der Waals surface area contributed by atoms with Crippen molar-refractivity contribution in [3.63, 3.8) is 0 Å². The summed E-state index contributed by atoms with van der Waals surface area (Å²) in [6, 6.07) is 4.79. The molecule has 0 bridgehead atoms. The van der Waals surface area contributed by atoms with Crippen LogP contribution in [0.1, 0.15) is 43.5 Å². The van der Waals surface area contributed by atoms with Crippen molar-refractivity contribution < 1.29 is 4.74 Å². The summed E-state index contributed by atoms with van der Waals surface area (Å²) in [4.78, 5) is 0. The summed E-state index contributed by atoms with van der Waals surface area (Å²) < 4.78 is 5.41. The number of hydrogen-bond acceptors (Lipinski definition) is 2. The van der Waals surface area contributed by atoms with Crippen molar-refractivity contribution in [2.24, 2.45) is 5.41 Å². The largest absolute Gasteiger partial charge is 0.496 e. The molecule has 0 heterocycles. The molecule has 96 valence electrons. The first-order valence-electron chi connectivity index (χ1n) is 6.13. The van der Waals surface area contributed by atoms with Crippen LogP contribution in [0.5, 0.6) is 5.75 Å². The van der Waals surface area contributed by atoms with Gasteiger partial charge in [0.25, 0.3) is 0 Å². The minimum absolute atomic E-state index is 0.197. The number of nitrogens with one attached hydrogen (secondary N) is 1. The molecule has 0 aliphatic carbocycles. The molecule has 17 heavy (non-hydrogen) atoms. The second-order valence-corrected chi connectivity index (χ2v) is 5.78. The molecular formula is C15H25NO. The third-order valence-electron chi connectivity index (χ3n) is 3.17. The smallest absolute Gasteiger partial charge is 0.124 e. The molecule has 0 saturated carbocycles. The van der Waals surface area contributed by atoms with Crippen molar-refractivity contribution in [2.45, 2.75) is 40.7 Å². The third-order valence-corrected chi connectivity index (χ3v) is 3.17. The second kappa shape index (κ2) is 5.09. The van der Waals surface area contributed by atoms with Gasteiger partial charge in [0.2, 0.25) is 0 Å². The van der Waals surface area contributed by atoms with Crippen molar-refractivity contribution >= 4 is 0 Å². The molecule has 0 aliphatic heterocycles. The van der Waals surface area contributed by atoms with Gasteiger partial charge in [-0.15, -0.1) is 0 Å². The summed E-state index contributed by atoms with van der Waals surface area (Å²) >= 11 is 0. The second-order valence-electron chi connectivity index (χ2n) is 5.78. The predicted octanol–water partition coefficient (Wildman–Crippen LogP) is 3.62. The molecule has 2 nitrogen and oxygen atoms in total. The molecule has 1 aromatic rings. The SMILES string of the molecule is CNC(c1cc(C)c(OC)c(C)c1)C(C)(C)C. The number of ether oxygens (including phenoxy) is 1. The lowest BCUT2D eigenvalue weighted by atomic mass is 9.81. The van der Waals surface area contributed by atoms with Gasteiger partial charge in [0, 0.05) is 6.04 Å². The van der Waals surface area contributed by atoms with Crippen LogP contribution in [-0.2, 0) is 0 Å². The fourth-order valence-electron chi connectivity index (χ4n) is 2.57. The van der Waals surface area contributed by atoms with Crippen LogP contribution in [0.3, 0.4) is 0 Å². The van der Waals surface area contributed by atoms with Crippen LogP contribution >= 0.6 is 0 Å². The summed E-state index contributed by atoms with van der Waals surface area (Å²) in [5.74, 6) is 0.998. The predicted molar refractivity (Wildman–Crippen MR) is 73.7 cm³/mol. The first-order chi connectivity index (χ1) is 7.81. The number of benzene rings is 1. The molecule has 0 radical (unpaired) electrons.